The highest BCUT2D eigenvalue weighted by molar-refractivity contribution is 6.44. The van der Waals surface area contributed by atoms with Crippen LogP contribution in [0.3, 0.4) is 0 Å². The normalized spacial score (nSPS) is 17.4. The second kappa shape index (κ2) is 6.28. The zero-order valence-electron chi connectivity index (χ0n) is 10.7. The van der Waals surface area contributed by atoms with Crippen LogP contribution < -0.4 is 10.6 Å². The minimum atomic E-state index is -0.657. The van der Waals surface area contributed by atoms with E-state index in [0.29, 0.717) is 12.8 Å². The average Bonchev–Trinajstić information content (AvgIpc) is 2.84. The van der Waals surface area contributed by atoms with E-state index in [1.807, 2.05) is 0 Å². The number of nitrogens with one attached hydrogen (secondary N) is 2. The summed E-state index contributed by atoms with van der Waals surface area (Å²) in [5.74, 6) is -0.641. The molecular weight excluding hydrogens is 321 g/mol. The van der Waals surface area contributed by atoms with Crippen molar-refractivity contribution in [1.29, 1.82) is 0 Å². The van der Waals surface area contributed by atoms with Gasteiger partial charge < -0.3 is 10.6 Å². The molecule has 1 saturated heterocycles. The summed E-state index contributed by atoms with van der Waals surface area (Å²) in [6, 6.07) is 2.00. The number of carbonyl (C=O) groups is 2. The number of carbonyl (C=O) groups excluding carboxylic acids is 2. The number of nitro groups is 1. The molecule has 0 saturated carbocycles. The van der Waals surface area contributed by atoms with E-state index < -0.39 is 10.8 Å². The Bertz CT molecular complexity index is 621. The van der Waals surface area contributed by atoms with Crippen LogP contribution in [0.15, 0.2) is 12.1 Å². The van der Waals surface area contributed by atoms with Crippen molar-refractivity contribution < 1.29 is 14.5 Å². The highest BCUT2D eigenvalue weighted by atomic mass is 35.5. The van der Waals surface area contributed by atoms with Crippen LogP contribution in [-0.2, 0) is 4.79 Å². The Kier molecular flexibility index (Phi) is 4.64. The van der Waals surface area contributed by atoms with Crippen molar-refractivity contribution in [2.45, 2.75) is 18.9 Å². The lowest BCUT2D eigenvalue weighted by Gasteiger charge is -2.12. The molecule has 7 nitrogen and oxygen atoms in total. The van der Waals surface area contributed by atoms with Crippen LogP contribution >= 0.6 is 23.2 Å². The summed E-state index contributed by atoms with van der Waals surface area (Å²) in [5, 5.41) is 15.9. The minimum absolute atomic E-state index is 0.0461. The molecule has 1 unspecified atom stereocenters. The molecule has 112 valence electrons. The van der Waals surface area contributed by atoms with Gasteiger partial charge in [0.15, 0.2) is 0 Å². The lowest BCUT2D eigenvalue weighted by Crippen LogP contribution is -2.38. The van der Waals surface area contributed by atoms with E-state index in [4.69, 9.17) is 23.2 Å². The van der Waals surface area contributed by atoms with Crippen LogP contribution in [0.25, 0.3) is 0 Å². The molecule has 0 bridgehead atoms. The summed E-state index contributed by atoms with van der Waals surface area (Å²) in [6.45, 7) is 0.223. The third-order valence-electron chi connectivity index (χ3n) is 3.06. The van der Waals surface area contributed by atoms with Crippen molar-refractivity contribution in [3.63, 3.8) is 0 Å². The molecule has 1 aliphatic heterocycles. The van der Waals surface area contributed by atoms with E-state index >= 15 is 0 Å². The zero-order chi connectivity index (χ0) is 15.6. The van der Waals surface area contributed by atoms with Crippen LogP contribution in [0.2, 0.25) is 10.0 Å². The first kappa shape index (κ1) is 15.5. The Balaban J connectivity index is 2.11. The standard InChI is InChI=1S/C12H11Cl2N3O4/c13-9-4-7(17(20)21)3-8(11(9)14)12(19)15-5-6-1-2-10(18)16-6/h3-4,6H,1-2,5H2,(H,15,19)(H,16,18). The molecule has 9 heteroatoms. The van der Waals surface area contributed by atoms with Gasteiger partial charge >= 0.3 is 0 Å². The van der Waals surface area contributed by atoms with E-state index in [-0.39, 0.29) is 39.8 Å². The summed E-state index contributed by atoms with van der Waals surface area (Å²) in [5.41, 5.74) is -0.385. The molecule has 0 aliphatic carbocycles. The largest absolute Gasteiger partial charge is 0.352 e. The predicted octanol–water partition coefficient (Wildman–Crippen LogP) is 1.91. The number of benzene rings is 1. The Labute approximate surface area is 129 Å². The number of amides is 2. The van der Waals surface area contributed by atoms with Gasteiger partial charge in [0, 0.05) is 31.1 Å². The number of rotatable bonds is 4. The highest BCUT2D eigenvalue weighted by Crippen LogP contribution is 2.30. The van der Waals surface area contributed by atoms with Crippen molar-refractivity contribution in [2.75, 3.05) is 6.54 Å². The Hall–Kier alpha value is -1.86. The van der Waals surface area contributed by atoms with Gasteiger partial charge in [0.1, 0.15) is 0 Å². The maximum atomic E-state index is 12.0. The second-order valence-electron chi connectivity index (χ2n) is 4.56. The Morgan fingerprint density at radius 3 is 2.76 bits per heavy atom. The van der Waals surface area contributed by atoms with Gasteiger partial charge in [-0.1, -0.05) is 23.2 Å². The van der Waals surface area contributed by atoms with Crippen molar-refractivity contribution >= 4 is 40.7 Å². The third kappa shape index (κ3) is 3.62. The number of non-ortho nitro benzene ring substituents is 1. The van der Waals surface area contributed by atoms with E-state index in [9.17, 15) is 19.7 Å². The fourth-order valence-electron chi connectivity index (χ4n) is 1.99. The number of hydrogen-bond donors (Lipinski definition) is 2. The molecule has 1 atom stereocenters. The first-order valence-electron chi connectivity index (χ1n) is 6.09. The molecule has 1 aliphatic rings. The van der Waals surface area contributed by atoms with Crippen molar-refractivity contribution in [3.05, 3.63) is 37.9 Å². The van der Waals surface area contributed by atoms with Crippen LogP contribution in [0, 0.1) is 10.1 Å². The SMILES string of the molecule is O=C1CCC(CNC(=O)c2cc([N+](=O)[O-])cc(Cl)c2Cl)N1. The summed E-state index contributed by atoms with van der Waals surface area (Å²) >= 11 is 11.7. The fraction of sp³-hybridized carbons (Fsp3) is 0.333. The molecular formula is C12H11Cl2N3O4. The summed E-state index contributed by atoms with van der Waals surface area (Å²) < 4.78 is 0. The summed E-state index contributed by atoms with van der Waals surface area (Å²) in [6.07, 6.45) is 1.05. The molecule has 0 spiro atoms. The predicted molar refractivity (Wildman–Crippen MR) is 76.6 cm³/mol. The number of hydrogen-bond acceptors (Lipinski definition) is 4. The third-order valence-corrected chi connectivity index (χ3v) is 3.86. The van der Waals surface area contributed by atoms with Crippen molar-refractivity contribution in [2.24, 2.45) is 0 Å². The maximum Gasteiger partial charge on any atom is 0.271 e. The number of nitrogens with zero attached hydrogens (tertiary/aromatic N) is 1. The van der Waals surface area contributed by atoms with E-state index in [1.165, 1.54) is 0 Å². The van der Waals surface area contributed by atoms with Crippen LogP contribution in [0.4, 0.5) is 5.69 Å². The quantitative estimate of drug-likeness (QED) is 0.649. The zero-order valence-corrected chi connectivity index (χ0v) is 12.2. The van der Waals surface area contributed by atoms with E-state index in [0.717, 1.165) is 12.1 Å². The number of halogens is 2. The molecule has 21 heavy (non-hydrogen) atoms. The van der Waals surface area contributed by atoms with Crippen molar-refractivity contribution in [3.8, 4) is 0 Å². The topological polar surface area (TPSA) is 101 Å². The van der Waals surface area contributed by atoms with Gasteiger partial charge in [-0.15, -0.1) is 0 Å². The first-order valence-corrected chi connectivity index (χ1v) is 6.85. The summed E-state index contributed by atoms with van der Waals surface area (Å²) in [4.78, 5) is 33.2. The van der Waals surface area contributed by atoms with Gasteiger partial charge in [-0.3, -0.25) is 19.7 Å². The maximum absolute atomic E-state index is 12.0. The Morgan fingerprint density at radius 1 is 1.48 bits per heavy atom. The molecule has 1 fully saturated rings. The van der Waals surface area contributed by atoms with Crippen molar-refractivity contribution in [1.82, 2.24) is 10.6 Å². The van der Waals surface area contributed by atoms with Crippen LogP contribution in [0.1, 0.15) is 23.2 Å². The highest BCUT2D eigenvalue weighted by Gasteiger charge is 2.23. The van der Waals surface area contributed by atoms with E-state index in [1.54, 1.807) is 0 Å². The molecule has 1 aromatic rings. The molecule has 2 N–H and O–H groups in total. The first-order chi connectivity index (χ1) is 9.88. The second-order valence-corrected chi connectivity index (χ2v) is 5.34. The monoisotopic (exact) mass is 331 g/mol. The molecule has 0 radical (unpaired) electrons. The summed E-state index contributed by atoms with van der Waals surface area (Å²) in [7, 11) is 0. The molecule has 2 amide bonds. The number of nitro benzene ring substituents is 1. The van der Waals surface area contributed by atoms with Gasteiger partial charge in [-0.2, -0.15) is 0 Å². The fourth-order valence-corrected chi connectivity index (χ4v) is 2.40. The smallest absolute Gasteiger partial charge is 0.271 e. The van der Waals surface area contributed by atoms with Crippen LogP contribution in [-0.4, -0.2) is 29.3 Å². The molecule has 1 aromatic carbocycles. The van der Waals surface area contributed by atoms with Crippen LogP contribution in [0.5, 0.6) is 0 Å². The molecule has 2 rings (SSSR count). The van der Waals surface area contributed by atoms with Gasteiger partial charge in [0.05, 0.1) is 20.5 Å². The lowest BCUT2D eigenvalue weighted by atomic mass is 10.1. The van der Waals surface area contributed by atoms with Gasteiger partial charge in [0.2, 0.25) is 5.91 Å². The molecule has 0 aromatic heterocycles. The Morgan fingerprint density at radius 2 is 2.19 bits per heavy atom. The van der Waals surface area contributed by atoms with Gasteiger partial charge in [0.25, 0.3) is 11.6 Å². The van der Waals surface area contributed by atoms with E-state index in [2.05, 4.69) is 10.6 Å². The van der Waals surface area contributed by atoms with Gasteiger partial charge in [-0.05, 0) is 6.42 Å². The lowest BCUT2D eigenvalue weighted by molar-refractivity contribution is -0.384. The average molecular weight is 332 g/mol. The minimum Gasteiger partial charge on any atom is -0.352 e. The molecule has 1 heterocycles. The van der Waals surface area contributed by atoms with Gasteiger partial charge in [-0.25, -0.2) is 0 Å².